The second-order valence-corrected chi connectivity index (χ2v) is 22.1. The molecular weight excluding hydrogens is 887 g/mol. The lowest BCUT2D eigenvalue weighted by molar-refractivity contribution is -0.143. The number of allylic oxidation sites excluding steroid dienone is 6. The topological polar surface area (TPSA) is 95.9 Å². The first kappa shape index (κ1) is 70.1. The molecule has 424 valence electrons. The first-order chi connectivity index (χ1) is 35.5. The van der Waals surface area contributed by atoms with Gasteiger partial charge in [-0.05, 0) is 83.5 Å². The van der Waals surface area contributed by atoms with Crippen molar-refractivity contribution in [3.8, 4) is 0 Å². The summed E-state index contributed by atoms with van der Waals surface area (Å²) < 4.78 is 5.50. The monoisotopic (exact) mass is 1010 g/mol. The van der Waals surface area contributed by atoms with Crippen LogP contribution in [0.25, 0.3) is 0 Å². The molecule has 0 aliphatic heterocycles. The minimum absolute atomic E-state index is 0.00473. The third-order valence-electron chi connectivity index (χ3n) is 14.9. The number of hydrogen-bond donors (Lipinski definition) is 3. The molecule has 0 saturated heterocycles. The number of esters is 1. The first-order valence-corrected chi connectivity index (χ1v) is 32.2. The molecule has 72 heavy (non-hydrogen) atoms. The molecule has 6 heteroatoms. The van der Waals surface area contributed by atoms with Crippen LogP contribution in [0.5, 0.6) is 0 Å². The average Bonchev–Trinajstić information content (AvgIpc) is 3.38. The van der Waals surface area contributed by atoms with E-state index in [0.29, 0.717) is 25.9 Å². The number of carbonyl (C=O) groups is 2. The number of ether oxygens (including phenoxy) is 1. The summed E-state index contributed by atoms with van der Waals surface area (Å²) in [6.45, 7) is 4.94. The van der Waals surface area contributed by atoms with Crippen molar-refractivity contribution in [3.05, 3.63) is 36.5 Å². The molecule has 0 heterocycles. The van der Waals surface area contributed by atoms with Crippen molar-refractivity contribution in [2.45, 2.75) is 360 Å². The lowest BCUT2D eigenvalue weighted by Crippen LogP contribution is -2.45. The zero-order chi connectivity index (χ0) is 52.2. The van der Waals surface area contributed by atoms with E-state index in [1.54, 1.807) is 0 Å². The largest absolute Gasteiger partial charge is 0.466 e. The van der Waals surface area contributed by atoms with Crippen molar-refractivity contribution < 1.29 is 24.5 Å². The number of nitrogens with one attached hydrogen (secondary N) is 1. The Bertz CT molecular complexity index is 1170. The average molecular weight is 1010 g/mol. The molecule has 0 radical (unpaired) electrons. The van der Waals surface area contributed by atoms with E-state index in [-0.39, 0.29) is 18.5 Å². The van der Waals surface area contributed by atoms with Gasteiger partial charge in [0.15, 0.2) is 0 Å². The van der Waals surface area contributed by atoms with Crippen LogP contribution in [0.1, 0.15) is 348 Å². The summed E-state index contributed by atoms with van der Waals surface area (Å²) in [5, 5.41) is 23.3. The molecule has 1 amide bonds. The standard InChI is InChI=1S/C66H125NO5/c1-3-5-7-9-11-13-15-17-19-20-24-28-32-36-40-44-48-52-56-60-66(71)72-61-57-53-49-45-41-37-33-29-26-23-21-22-25-27-31-35-39-43-47-51-55-59-65(70)67-63(62-68)64(69)58-54-50-46-42-38-34-30-18-16-14-12-10-8-6-4-2/h11,13,17,19,22,25,63-64,68-69H,3-10,12,14-16,18,20-21,23-24,26-62H2,1-2H3,(H,67,70)/b13-11-,19-17-,25-22-. The Kier molecular flexibility index (Phi) is 60.0. The van der Waals surface area contributed by atoms with Crippen LogP contribution in [0.15, 0.2) is 36.5 Å². The Labute approximate surface area is 449 Å². The second kappa shape index (κ2) is 61.6. The van der Waals surface area contributed by atoms with E-state index < -0.39 is 12.1 Å². The molecule has 2 unspecified atom stereocenters. The highest BCUT2D eigenvalue weighted by Gasteiger charge is 2.20. The van der Waals surface area contributed by atoms with Crippen LogP contribution < -0.4 is 5.32 Å². The maximum atomic E-state index is 12.5. The third kappa shape index (κ3) is 57.4. The molecule has 0 bridgehead atoms. The fourth-order valence-corrected chi connectivity index (χ4v) is 9.96. The van der Waals surface area contributed by atoms with Gasteiger partial charge in [0.25, 0.3) is 0 Å². The van der Waals surface area contributed by atoms with Crippen LogP contribution in [0.3, 0.4) is 0 Å². The minimum Gasteiger partial charge on any atom is -0.466 e. The van der Waals surface area contributed by atoms with Crippen molar-refractivity contribution in [3.63, 3.8) is 0 Å². The summed E-state index contributed by atoms with van der Waals surface area (Å²) in [4.78, 5) is 24.6. The van der Waals surface area contributed by atoms with E-state index in [1.807, 2.05) is 0 Å². The summed E-state index contributed by atoms with van der Waals surface area (Å²) in [5.41, 5.74) is 0. The van der Waals surface area contributed by atoms with Gasteiger partial charge < -0.3 is 20.3 Å². The molecule has 3 N–H and O–H groups in total. The molecule has 0 aliphatic rings. The van der Waals surface area contributed by atoms with Gasteiger partial charge in [-0.15, -0.1) is 0 Å². The van der Waals surface area contributed by atoms with Crippen molar-refractivity contribution in [1.29, 1.82) is 0 Å². The molecule has 0 aliphatic carbocycles. The minimum atomic E-state index is -0.669. The number of carbonyl (C=O) groups excluding carboxylic acids is 2. The first-order valence-electron chi connectivity index (χ1n) is 32.2. The summed E-state index contributed by atoms with van der Waals surface area (Å²) in [6, 6.07) is -0.547. The molecule has 0 saturated carbocycles. The van der Waals surface area contributed by atoms with Gasteiger partial charge in [0, 0.05) is 12.8 Å². The van der Waals surface area contributed by atoms with Crippen LogP contribution >= 0.6 is 0 Å². The van der Waals surface area contributed by atoms with Gasteiger partial charge in [-0.1, -0.05) is 288 Å². The summed E-state index contributed by atoms with van der Waals surface area (Å²) in [5.74, 6) is -0.0365. The molecule has 0 aromatic carbocycles. The summed E-state index contributed by atoms with van der Waals surface area (Å²) in [6.07, 6.45) is 77.3. The summed E-state index contributed by atoms with van der Waals surface area (Å²) in [7, 11) is 0. The van der Waals surface area contributed by atoms with Crippen LogP contribution in [0, 0.1) is 0 Å². The lowest BCUT2D eigenvalue weighted by atomic mass is 10.0. The molecule has 0 aromatic heterocycles. The fourth-order valence-electron chi connectivity index (χ4n) is 9.96. The van der Waals surface area contributed by atoms with Gasteiger partial charge in [-0.2, -0.15) is 0 Å². The van der Waals surface area contributed by atoms with E-state index in [1.165, 1.54) is 263 Å². The zero-order valence-electron chi connectivity index (χ0n) is 48.4. The van der Waals surface area contributed by atoms with E-state index in [4.69, 9.17) is 4.74 Å². The van der Waals surface area contributed by atoms with Crippen molar-refractivity contribution in [2.75, 3.05) is 13.2 Å². The molecule has 0 spiro atoms. The van der Waals surface area contributed by atoms with Crippen LogP contribution in [-0.4, -0.2) is 47.4 Å². The van der Waals surface area contributed by atoms with Gasteiger partial charge in [0.05, 0.1) is 25.4 Å². The molecule has 0 rings (SSSR count). The smallest absolute Gasteiger partial charge is 0.305 e. The van der Waals surface area contributed by atoms with E-state index >= 15 is 0 Å². The van der Waals surface area contributed by atoms with Crippen LogP contribution in [0.2, 0.25) is 0 Å². The van der Waals surface area contributed by atoms with Crippen molar-refractivity contribution >= 4 is 11.9 Å². The SMILES string of the molecule is CCCCC/C=C\C/C=C\CCCCCCCCCCCC(=O)OCCCCCCCCCCCC/C=C\CCCCCCCCCC(=O)NC(CO)C(O)CCCCCCCCCCCCCCCCC. The molecule has 6 nitrogen and oxygen atoms in total. The van der Waals surface area contributed by atoms with Crippen molar-refractivity contribution in [1.82, 2.24) is 5.32 Å². The van der Waals surface area contributed by atoms with Gasteiger partial charge in [-0.3, -0.25) is 9.59 Å². The highest BCUT2D eigenvalue weighted by Crippen LogP contribution is 2.17. The van der Waals surface area contributed by atoms with Crippen molar-refractivity contribution in [2.24, 2.45) is 0 Å². The molecule has 2 atom stereocenters. The predicted molar refractivity (Wildman–Crippen MR) is 315 cm³/mol. The number of unbranched alkanes of at least 4 members (excludes halogenated alkanes) is 43. The van der Waals surface area contributed by atoms with Gasteiger partial charge >= 0.3 is 5.97 Å². The van der Waals surface area contributed by atoms with Crippen LogP contribution in [0.4, 0.5) is 0 Å². The van der Waals surface area contributed by atoms with E-state index in [2.05, 4.69) is 55.6 Å². The predicted octanol–water partition coefficient (Wildman–Crippen LogP) is 20.4. The van der Waals surface area contributed by atoms with Gasteiger partial charge in [0.2, 0.25) is 5.91 Å². The van der Waals surface area contributed by atoms with Crippen LogP contribution in [-0.2, 0) is 14.3 Å². The van der Waals surface area contributed by atoms with E-state index in [0.717, 1.165) is 51.4 Å². The molecular formula is C66H125NO5. The number of rotatable bonds is 60. The highest BCUT2D eigenvalue weighted by molar-refractivity contribution is 5.76. The Morgan fingerprint density at radius 1 is 0.389 bits per heavy atom. The number of hydrogen-bond acceptors (Lipinski definition) is 5. The van der Waals surface area contributed by atoms with Gasteiger partial charge in [0.1, 0.15) is 0 Å². The highest BCUT2D eigenvalue weighted by atomic mass is 16.5. The number of amides is 1. The van der Waals surface area contributed by atoms with Gasteiger partial charge in [-0.25, -0.2) is 0 Å². The fraction of sp³-hybridized carbons (Fsp3) is 0.879. The maximum absolute atomic E-state index is 12.5. The Morgan fingerprint density at radius 3 is 1.10 bits per heavy atom. The Balaban J connectivity index is 3.41. The Morgan fingerprint density at radius 2 is 0.694 bits per heavy atom. The summed E-state index contributed by atoms with van der Waals surface area (Å²) >= 11 is 0. The zero-order valence-corrected chi connectivity index (χ0v) is 48.4. The maximum Gasteiger partial charge on any atom is 0.305 e. The van der Waals surface area contributed by atoms with E-state index in [9.17, 15) is 19.8 Å². The third-order valence-corrected chi connectivity index (χ3v) is 14.9. The molecule has 0 fully saturated rings. The quantitative estimate of drug-likeness (QED) is 0.0320. The Hall–Kier alpha value is -1.92. The lowest BCUT2D eigenvalue weighted by Gasteiger charge is -2.22. The normalized spacial score (nSPS) is 12.8. The molecule has 0 aromatic rings. The number of aliphatic hydroxyl groups excluding tert-OH is 2. The number of aliphatic hydroxyl groups is 2. The second-order valence-electron chi connectivity index (χ2n) is 22.1.